The van der Waals surface area contributed by atoms with Crippen LogP contribution in [-0.2, 0) is 14.3 Å². The lowest BCUT2D eigenvalue weighted by atomic mass is 10.2. The molecule has 118 valence electrons. The zero-order valence-corrected chi connectivity index (χ0v) is 13.2. The first-order valence-electron chi connectivity index (χ1n) is 6.93. The molecule has 2 aromatic heterocycles. The normalized spacial score (nSPS) is 10.7. The van der Waals surface area contributed by atoms with Crippen molar-refractivity contribution in [1.29, 1.82) is 0 Å². The van der Waals surface area contributed by atoms with Crippen molar-refractivity contribution in [3.63, 3.8) is 0 Å². The van der Waals surface area contributed by atoms with Crippen LogP contribution in [0.1, 0.15) is 12.8 Å². The number of hydrogen-bond donors (Lipinski definition) is 1. The molecule has 0 radical (unpaired) electrons. The number of aromatic nitrogens is 3. The molecule has 1 amide bonds. The van der Waals surface area contributed by atoms with E-state index < -0.39 is 5.97 Å². The average molecular weight is 330 g/mol. The molecule has 1 N–H and O–H groups in total. The van der Waals surface area contributed by atoms with E-state index in [0.29, 0.717) is 4.96 Å². The van der Waals surface area contributed by atoms with Crippen LogP contribution in [0.3, 0.4) is 0 Å². The Labute approximate surface area is 135 Å². The summed E-state index contributed by atoms with van der Waals surface area (Å²) in [6.07, 6.45) is 0.0604. The van der Waals surface area contributed by atoms with Crippen LogP contribution in [0.2, 0.25) is 0 Å². The summed E-state index contributed by atoms with van der Waals surface area (Å²) in [5.74, 6) is -0.524. The molecule has 2 heterocycles. The van der Waals surface area contributed by atoms with Crippen LogP contribution in [0.25, 0.3) is 16.2 Å². The number of carbonyl (C=O) groups is 2. The average Bonchev–Trinajstić information content (AvgIpc) is 3.13. The predicted octanol–water partition coefficient (Wildman–Crippen LogP) is 2.35. The first-order valence-corrected chi connectivity index (χ1v) is 7.81. The monoisotopic (exact) mass is 330 g/mol. The molecule has 8 heteroatoms. The van der Waals surface area contributed by atoms with E-state index in [-0.39, 0.29) is 24.7 Å². The number of hydrogen-bond acceptors (Lipinski definition) is 6. The van der Waals surface area contributed by atoms with E-state index in [1.54, 1.807) is 4.52 Å². The molecule has 3 rings (SSSR count). The fourth-order valence-corrected chi connectivity index (χ4v) is 2.88. The molecule has 0 saturated heterocycles. The number of esters is 1. The lowest BCUT2D eigenvalue weighted by Crippen LogP contribution is -2.14. The Kier molecular flexibility index (Phi) is 4.33. The molecule has 1 aromatic carbocycles. The minimum atomic E-state index is -0.426. The highest BCUT2D eigenvalue weighted by Gasteiger charge is 2.14. The van der Waals surface area contributed by atoms with Gasteiger partial charge in [-0.2, -0.15) is 4.98 Å². The molecule has 3 aromatic rings. The number of thiazole rings is 1. The third kappa shape index (κ3) is 3.37. The van der Waals surface area contributed by atoms with Gasteiger partial charge in [0.25, 0.3) is 0 Å². The van der Waals surface area contributed by atoms with Gasteiger partial charge in [-0.3, -0.25) is 14.9 Å². The fourth-order valence-electron chi connectivity index (χ4n) is 2.05. The molecule has 23 heavy (non-hydrogen) atoms. The maximum absolute atomic E-state index is 11.8. The van der Waals surface area contributed by atoms with Crippen molar-refractivity contribution in [2.24, 2.45) is 0 Å². The van der Waals surface area contributed by atoms with Crippen molar-refractivity contribution in [2.45, 2.75) is 12.8 Å². The van der Waals surface area contributed by atoms with Crippen molar-refractivity contribution in [2.75, 3.05) is 12.4 Å². The Morgan fingerprint density at radius 1 is 1.26 bits per heavy atom. The summed E-state index contributed by atoms with van der Waals surface area (Å²) in [6, 6.07) is 9.81. The molecule has 7 nitrogen and oxygen atoms in total. The molecule has 0 aliphatic carbocycles. The van der Waals surface area contributed by atoms with Gasteiger partial charge < -0.3 is 4.74 Å². The zero-order valence-electron chi connectivity index (χ0n) is 12.4. The summed E-state index contributed by atoms with van der Waals surface area (Å²) >= 11 is 1.44. The third-order valence-electron chi connectivity index (χ3n) is 3.19. The van der Waals surface area contributed by atoms with Crippen LogP contribution in [0.4, 0.5) is 5.95 Å². The summed E-state index contributed by atoms with van der Waals surface area (Å²) < 4.78 is 6.19. The number of rotatable bonds is 5. The number of carbonyl (C=O) groups excluding carboxylic acids is 2. The first-order chi connectivity index (χ1) is 11.2. The minimum Gasteiger partial charge on any atom is -0.469 e. The fraction of sp³-hybridized carbons (Fsp3) is 0.200. The van der Waals surface area contributed by atoms with Gasteiger partial charge in [-0.1, -0.05) is 30.3 Å². The minimum absolute atomic E-state index is 0.0276. The van der Waals surface area contributed by atoms with Gasteiger partial charge in [0.05, 0.1) is 19.2 Å². The molecule has 0 fully saturated rings. The van der Waals surface area contributed by atoms with Crippen LogP contribution in [0, 0.1) is 0 Å². The lowest BCUT2D eigenvalue weighted by Gasteiger charge is -2.00. The van der Waals surface area contributed by atoms with Gasteiger partial charge in [-0.15, -0.1) is 16.4 Å². The van der Waals surface area contributed by atoms with Crippen LogP contribution in [-0.4, -0.2) is 33.6 Å². The van der Waals surface area contributed by atoms with Gasteiger partial charge in [0.2, 0.25) is 16.8 Å². The van der Waals surface area contributed by atoms with Crippen molar-refractivity contribution in [3.05, 3.63) is 35.7 Å². The van der Waals surface area contributed by atoms with Crippen molar-refractivity contribution < 1.29 is 14.3 Å². The van der Waals surface area contributed by atoms with Gasteiger partial charge in [-0.05, 0) is 0 Å². The largest absolute Gasteiger partial charge is 0.469 e. The number of benzene rings is 1. The standard InChI is InChI=1S/C15H14N4O3S/c1-22-13(21)8-7-12(20)16-14-17-15-19(18-14)11(9-23-15)10-5-3-2-4-6-10/h2-6,9H,7-8H2,1H3,(H,16,18,20). The number of methoxy groups -OCH3 is 1. The Bertz CT molecular complexity index is 841. The number of anilines is 1. The Morgan fingerprint density at radius 2 is 2.04 bits per heavy atom. The van der Waals surface area contributed by atoms with Crippen LogP contribution in [0.15, 0.2) is 35.7 Å². The van der Waals surface area contributed by atoms with Gasteiger partial charge in [-0.25, -0.2) is 4.52 Å². The van der Waals surface area contributed by atoms with E-state index >= 15 is 0 Å². The Balaban J connectivity index is 1.75. The molecule has 0 aliphatic rings. The summed E-state index contributed by atoms with van der Waals surface area (Å²) in [7, 11) is 1.29. The van der Waals surface area contributed by atoms with Crippen molar-refractivity contribution in [3.8, 4) is 11.3 Å². The highest BCUT2D eigenvalue weighted by molar-refractivity contribution is 7.15. The number of nitrogens with one attached hydrogen (secondary N) is 1. The highest BCUT2D eigenvalue weighted by Crippen LogP contribution is 2.25. The van der Waals surface area contributed by atoms with Gasteiger partial charge in [0.15, 0.2) is 0 Å². The molecule has 0 aliphatic heterocycles. The second-order valence-electron chi connectivity index (χ2n) is 4.74. The summed E-state index contributed by atoms with van der Waals surface area (Å²) in [6.45, 7) is 0. The molecule has 0 spiro atoms. The number of amides is 1. The smallest absolute Gasteiger partial charge is 0.306 e. The highest BCUT2D eigenvalue weighted by atomic mass is 32.1. The molecular formula is C15H14N4O3S. The number of fused-ring (bicyclic) bond motifs is 1. The maximum Gasteiger partial charge on any atom is 0.306 e. The first kappa shape index (κ1) is 15.2. The molecular weight excluding hydrogens is 316 g/mol. The number of nitrogens with zero attached hydrogens (tertiary/aromatic N) is 3. The van der Waals surface area contributed by atoms with E-state index in [1.807, 2.05) is 35.7 Å². The predicted molar refractivity (Wildman–Crippen MR) is 86.2 cm³/mol. The van der Waals surface area contributed by atoms with E-state index in [0.717, 1.165) is 11.3 Å². The topological polar surface area (TPSA) is 85.6 Å². The van der Waals surface area contributed by atoms with Crippen LogP contribution < -0.4 is 5.32 Å². The second-order valence-corrected chi connectivity index (χ2v) is 5.58. The van der Waals surface area contributed by atoms with E-state index in [2.05, 4.69) is 20.1 Å². The molecule has 0 atom stereocenters. The third-order valence-corrected chi connectivity index (χ3v) is 4.00. The van der Waals surface area contributed by atoms with Crippen molar-refractivity contribution in [1.82, 2.24) is 14.6 Å². The van der Waals surface area contributed by atoms with E-state index in [4.69, 9.17) is 0 Å². The van der Waals surface area contributed by atoms with Gasteiger partial charge in [0, 0.05) is 17.4 Å². The summed E-state index contributed by atoms with van der Waals surface area (Å²) in [5, 5.41) is 8.86. The van der Waals surface area contributed by atoms with E-state index in [9.17, 15) is 9.59 Å². The van der Waals surface area contributed by atoms with Crippen LogP contribution in [0.5, 0.6) is 0 Å². The Morgan fingerprint density at radius 3 is 2.78 bits per heavy atom. The molecule has 0 unspecified atom stereocenters. The quantitative estimate of drug-likeness (QED) is 0.726. The second kappa shape index (κ2) is 6.57. The van der Waals surface area contributed by atoms with Gasteiger partial charge in [0.1, 0.15) is 0 Å². The Hall–Kier alpha value is -2.74. The van der Waals surface area contributed by atoms with E-state index in [1.165, 1.54) is 18.4 Å². The maximum atomic E-state index is 11.8. The van der Waals surface area contributed by atoms with Crippen molar-refractivity contribution >= 4 is 34.1 Å². The summed E-state index contributed by atoms with van der Waals surface area (Å²) in [4.78, 5) is 27.8. The molecule has 0 saturated carbocycles. The zero-order chi connectivity index (χ0) is 16.2. The number of ether oxygens (including phenoxy) is 1. The van der Waals surface area contributed by atoms with Crippen LogP contribution >= 0.6 is 11.3 Å². The SMILES string of the molecule is COC(=O)CCC(=O)Nc1nc2scc(-c3ccccc3)n2n1. The molecule has 0 bridgehead atoms. The summed E-state index contributed by atoms with van der Waals surface area (Å²) in [5.41, 5.74) is 1.93. The lowest BCUT2D eigenvalue weighted by molar-refractivity contribution is -0.141. The van der Waals surface area contributed by atoms with Gasteiger partial charge >= 0.3 is 5.97 Å².